The summed E-state index contributed by atoms with van der Waals surface area (Å²) in [5.74, 6) is -0.508. The van der Waals surface area contributed by atoms with Gasteiger partial charge in [-0.1, -0.05) is 38.1 Å². The van der Waals surface area contributed by atoms with E-state index in [0.29, 0.717) is 17.2 Å². The lowest BCUT2D eigenvalue weighted by atomic mass is 10.0. The number of nitrogens with one attached hydrogen (secondary N) is 2. The van der Waals surface area contributed by atoms with Crippen LogP contribution in [0.25, 0.3) is 0 Å². The second-order valence-corrected chi connectivity index (χ2v) is 6.70. The van der Waals surface area contributed by atoms with Crippen molar-refractivity contribution in [3.8, 4) is 0 Å². The summed E-state index contributed by atoms with van der Waals surface area (Å²) in [6, 6.07) is 10.4. The van der Waals surface area contributed by atoms with Crippen molar-refractivity contribution < 1.29 is 14.3 Å². The number of carbonyl (C=O) groups excluding carboxylic acids is 2. The van der Waals surface area contributed by atoms with Crippen molar-refractivity contribution in [2.45, 2.75) is 26.5 Å². The highest BCUT2D eigenvalue weighted by atomic mass is 32.1. The van der Waals surface area contributed by atoms with Crippen LogP contribution in [0, 0.1) is 5.92 Å². The van der Waals surface area contributed by atoms with Crippen molar-refractivity contribution >= 4 is 28.8 Å². The third-order valence-electron chi connectivity index (χ3n) is 3.56. The van der Waals surface area contributed by atoms with Crippen LogP contribution in [-0.2, 0) is 16.1 Å². The lowest BCUT2D eigenvalue weighted by Gasteiger charge is -2.22. The molecule has 1 aromatic heterocycles. The van der Waals surface area contributed by atoms with Gasteiger partial charge in [0.1, 0.15) is 6.04 Å². The van der Waals surface area contributed by atoms with Gasteiger partial charge in [-0.05, 0) is 23.4 Å². The lowest BCUT2D eigenvalue weighted by Crippen LogP contribution is -2.47. The van der Waals surface area contributed by atoms with Crippen LogP contribution < -0.4 is 10.6 Å². The van der Waals surface area contributed by atoms with E-state index in [1.807, 2.05) is 49.6 Å². The summed E-state index contributed by atoms with van der Waals surface area (Å²) < 4.78 is 5.15. The number of ether oxygens (including phenoxy) is 1. The quantitative estimate of drug-likeness (QED) is 0.808. The number of amides is 2. The van der Waals surface area contributed by atoms with Crippen LogP contribution in [0.1, 0.15) is 29.1 Å². The molecule has 2 amide bonds. The molecule has 1 aromatic carbocycles. The Labute approximate surface area is 146 Å². The molecule has 5 nitrogen and oxygen atoms in total. The molecule has 0 aliphatic carbocycles. The molecule has 2 aromatic rings. The van der Waals surface area contributed by atoms with Gasteiger partial charge >= 0.3 is 0 Å². The van der Waals surface area contributed by atoms with Gasteiger partial charge in [0.25, 0.3) is 5.91 Å². The molecule has 0 spiro atoms. The van der Waals surface area contributed by atoms with E-state index in [1.54, 1.807) is 13.2 Å². The number of hydrogen-bond donors (Lipinski definition) is 2. The average molecular weight is 346 g/mol. The molecule has 0 aliphatic heterocycles. The van der Waals surface area contributed by atoms with E-state index in [0.717, 1.165) is 5.56 Å². The van der Waals surface area contributed by atoms with Gasteiger partial charge < -0.3 is 15.4 Å². The molecule has 1 heterocycles. The van der Waals surface area contributed by atoms with E-state index < -0.39 is 6.04 Å². The van der Waals surface area contributed by atoms with Crippen LogP contribution in [0.3, 0.4) is 0 Å². The second kappa shape index (κ2) is 8.61. The molecule has 6 heteroatoms. The Morgan fingerprint density at radius 2 is 1.92 bits per heavy atom. The molecule has 0 fully saturated rings. The van der Waals surface area contributed by atoms with Gasteiger partial charge in [-0.3, -0.25) is 9.59 Å². The highest BCUT2D eigenvalue weighted by Gasteiger charge is 2.25. The van der Waals surface area contributed by atoms with E-state index in [2.05, 4.69) is 10.6 Å². The Kier molecular flexibility index (Phi) is 6.52. The zero-order valence-electron chi connectivity index (χ0n) is 14.0. The number of hydrogen-bond acceptors (Lipinski definition) is 4. The highest BCUT2D eigenvalue weighted by Crippen LogP contribution is 2.17. The molecule has 0 unspecified atom stereocenters. The van der Waals surface area contributed by atoms with Crippen molar-refractivity contribution in [3.63, 3.8) is 0 Å². The Bertz CT molecular complexity index is 683. The Hall–Kier alpha value is -2.18. The second-order valence-electron chi connectivity index (χ2n) is 5.75. The first-order valence-electron chi connectivity index (χ1n) is 7.75. The number of anilines is 1. The van der Waals surface area contributed by atoms with Crippen LogP contribution in [0.15, 0.2) is 41.8 Å². The van der Waals surface area contributed by atoms with Gasteiger partial charge in [0.05, 0.1) is 11.5 Å². The fraction of sp³-hybridized carbons (Fsp3) is 0.333. The van der Waals surface area contributed by atoms with E-state index in [9.17, 15) is 9.59 Å². The first-order chi connectivity index (χ1) is 11.5. The van der Waals surface area contributed by atoms with E-state index >= 15 is 0 Å². The highest BCUT2D eigenvalue weighted by molar-refractivity contribution is 7.12. The summed E-state index contributed by atoms with van der Waals surface area (Å²) in [5, 5.41) is 7.55. The topological polar surface area (TPSA) is 67.4 Å². The summed E-state index contributed by atoms with van der Waals surface area (Å²) >= 11 is 1.35. The third kappa shape index (κ3) is 4.66. The predicted octanol–water partition coefficient (Wildman–Crippen LogP) is 3.29. The SMILES string of the molecule is COCc1ccccc1NC(=O)[C@@H](NC(=O)c1cccs1)C(C)C. The summed E-state index contributed by atoms with van der Waals surface area (Å²) in [4.78, 5) is 25.5. The molecular weight excluding hydrogens is 324 g/mol. The maximum atomic E-state index is 12.7. The Morgan fingerprint density at radius 3 is 2.54 bits per heavy atom. The standard InChI is InChI=1S/C18H22N2O3S/c1-12(2)16(20-17(21)15-9-6-10-24-15)18(22)19-14-8-5-4-7-13(14)11-23-3/h4-10,12,16H,11H2,1-3H3,(H,19,22)(H,20,21)/t16-/m0/s1. The smallest absolute Gasteiger partial charge is 0.262 e. The maximum Gasteiger partial charge on any atom is 0.262 e. The first kappa shape index (κ1) is 18.2. The molecule has 128 valence electrons. The summed E-state index contributed by atoms with van der Waals surface area (Å²) in [6.07, 6.45) is 0. The zero-order valence-corrected chi connectivity index (χ0v) is 14.9. The molecule has 2 rings (SSSR count). The van der Waals surface area contributed by atoms with Crippen molar-refractivity contribution in [2.24, 2.45) is 5.92 Å². The number of methoxy groups -OCH3 is 1. The van der Waals surface area contributed by atoms with Crippen LogP contribution in [0.5, 0.6) is 0 Å². The largest absolute Gasteiger partial charge is 0.380 e. The molecule has 0 aliphatic rings. The number of benzene rings is 1. The van der Waals surface area contributed by atoms with Crippen molar-refractivity contribution in [3.05, 3.63) is 52.2 Å². The number of carbonyl (C=O) groups is 2. The molecular formula is C18H22N2O3S. The van der Waals surface area contributed by atoms with E-state index in [-0.39, 0.29) is 17.7 Å². The predicted molar refractivity (Wildman–Crippen MR) is 96.2 cm³/mol. The summed E-state index contributed by atoms with van der Waals surface area (Å²) in [6.45, 7) is 4.21. The first-order valence-corrected chi connectivity index (χ1v) is 8.63. The maximum absolute atomic E-state index is 12.7. The number of rotatable bonds is 7. The minimum atomic E-state index is -0.616. The Morgan fingerprint density at radius 1 is 1.17 bits per heavy atom. The van der Waals surface area contributed by atoms with E-state index in [4.69, 9.17) is 4.74 Å². The molecule has 0 saturated carbocycles. The van der Waals surface area contributed by atoms with Crippen LogP contribution >= 0.6 is 11.3 Å². The molecule has 1 atom stereocenters. The molecule has 0 radical (unpaired) electrons. The van der Waals surface area contributed by atoms with Crippen LogP contribution in [-0.4, -0.2) is 25.0 Å². The van der Waals surface area contributed by atoms with Crippen LogP contribution in [0.4, 0.5) is 5.69 Å². The number of thiophene rings is 1. The molecule has 2 N–H and O–H groups in total. The van der Waals surface area contributed by atoms with Gasteiger partial charge in [0.15, 0.2) is 0 Å². The monoisotopic (exact) mass is 346 g/mol. The fourth-order valence-electron chi connectivity index (χ4n) is 2.29. The summed E-state index contributed by atoms with van der Waals surface area (Å²) in [7, 11) is 1.61. The number of para-hydroxylation sites is 1. The van der Waals surface area contributed by atoms with Gasteiger partial charge in [0.2, 0.25) is 5.91 Å². The third-order valence-corrected chi connectivity index (χ3v) is 4.42. The summed E-state index contributed by atoms with van der Waals surface area (Å²) in [5.41, 5.74) is 1.58. The van der Waals surface area contributed by atoms with Gasteiger partial charge in [-0.2, -0.15) is 0 Å². The van der Waals surface area contributed by atoms with Crippen molar-refractivity contribution in [1.82, 2.24) is 5.32 Å². The lowest BCUT2D eigenvalue weighted by molar-refractivity contribution is -0.118. The average Bonchev–Trinajstić information content (AvgIpc) is 3.08. The van der Waals surface area contributed by atoms with Crippen molar-refractivity contribution in [2.75, 3.05) is 12.4 Å². The zero-order chi connectivity index (χ0) is 17.5. The van der Waals surface area contributed by atoms with Gasteiger partial charge in [-0.15, -0.1) is 11.3 Å². The minimum absolute atomic E-state index is 0.0384. The van der Waals surface area contributed by atoms with Gasteiger partial charge in [-0.25, -0.2) is 0 Å². The molecule has 24 heavy (non-hydrogen) atoms. The van der Waals surface area contributed by atoms with Crippen molar-refractivity contribution in [1.29, 1.82) is 0 Å². The molecule has 0 saturated heterocycles. The van der Waals surface area contributed by atoms with E-state index in [1.165, 1.54) is 11.3 Å². The normalized spacial score (nSPS) is 12.0. The van der Waals surface area contributed by atoms with Crippen LogP contribution in [0.2, 0.25) is 0 Å². The van der Waals surface area contributed by atoms with Gasteiger partial charge in [0, 0.05) is 18.4 Å². The fourth-order valence-corrected chi connectivity index (χ4v) is 2.92. The minimum Gasteiger partial charge on any atom is -0.380 e. The molecule has 0 bridgehead atoms. The Balaban J connectivity index is 2.11.